The molecule has 8 heteroatoms. The van der Waals surface area contributed by atoms with Gasteiger partial charge < -0.3 is 10.1 Å². The third-order valence-electron chi connectivity index (χ3n) is 4.73. The van der Waals surface area contributed by atoms with Gasteiger partial charge in [0.15, 0.2) is 0 Å². The predicted octanol–water partition coefficient (Wildman–Crippen LogP) is 3.19. The van der Waals surface area contributed by atoms with Crippen LogP contribution in [0.1, 0.15) is 36.6 Å². The van der Waals surface area contributed by atoms with Crippen LogP contribution >= 0.6 is 0 Å². The number of aryl methyl sites for hydroxylation is 2. The van der Waals surface area contributed by atoms with Crippen LogP contribution in [0.3, 0.4) is 0 Å². The molecule has 2 aromatic carbocycles. The van der Waals surface area contributed by atoms with Gasteiger partial charge in [0.2, 0.25) is 5.91 Å². The van der Waals surface area contributed by atoms with E-state index in [1.165, 1.54) is 14.1 Å². The van der Waals surface area contributed by atoms with E-state index in [1.54, 1.807) is 6.07 Å². The predicted molar refractivity (Wildman–Crippen MR) is 120 cm³/mol. The summed E-state index contributed by atoms with van der Waals surface area (Å²) in [6.07, 6.45) is 0. The summed E-state index contributed by atoms with van der Waals surface area (Å²) in [4.78, 5) is 12.8. The minimum absolute atomic E-state index is 0.282. The van der Waals surface area contributed by atoms with E-state index in [9.17, 15) is 13.2 Å². The number of ether oxygens (including phenoxy) is 1. The normalized spacial score (nSPS) is 12.5. The monoisotopic (exact) mass is 433 g/mol. The molecule has 2 rings (SSSR count). The molecule has 0 bridgehead atoms. The lowest BCUT2D eigenvalue weighted by Crippen LogP contribution is -2.46. The third kappa shape index (κ3) is 5.73. The zero-order valence-corrected chi connectivity index (χ0v) is 19.3. The Morgan fingerprint density at radius 3 is 2.30 bits per heavy atom. The van der Waals surface area contributed by atoms with Gasteiger partial charge in [-0.05, 0) is 62.6 Å². The molecule has 0 saturated heterocycles. The average Bonchev–Trinajstić information content (AvgIpc) is 2.68. The number of hydrogen-bond donors (Lipinski definition) is 1. The van der Waals surface area contributed by atoms with Gasteiger partial charge in [0.05, 0.1) is 18.3 Å². The third-order valence-corrected chi connectivity index (χ3v) is 6.53. The van der Waals surface area contributed by atoms with E-state index in [-0.39, 0.29) is 18.5 Å². The van der Waals surface area contributed by atoms with Crippen molar-refractivity contribution < 1.29 is 17.9 Å². The lowest BCUT2D eigenvalue weighted by molar-refractivity contribution is -0.120. The molecule has 30 heavy (non-hydrogen) atoms. The maximum atomic E-state index is 12.9. The molecule has 0 aliphatic heterocycles. The van der Waals surface area contributed by atoms with Crippen molar-refractivity contribution in [2.45, 2.75) is 33.7 Å². The molecule has 0 radical (unpaired) electrons. The highest BCUT2D eigenvalue weighted by Gasteiger charge is 2.29. The van der Waals surface area contributed by atoms with Gasteiger partial charge >= 0.3 is 10.2 Å². The first-order valence-corrected chi connectivity index (χ1v) is 11.3. The molecule has 1 atom stereocenters. The molecule has 0 fully saturated rings. The minimum atomic E-state index is -3.85. The fourth-order valence-electron chi connectivity index (χ4n) is 3.00. The summed E-state index contributed by atoms with van der Waals surface area (Å²) in [5.74, 6) is 0.376. The number of hydrogen-bond acceptors (Lipinski definition) is 4. The van der Waals surface area contributed by atoms with Crippen molar-refractivity contribution in [2.75, 3.05) is 31.6 Å². The summed E-state index contributed by atoms with van der Waals surface area (Å²) in [5.41, 5.74) is 3.09. The Bertz CT molecular complexity index is 972. The van der Waals surface area contributed by atoms with Gasteiger partial charge in [-0.2, -0.15) is 12.7 Å². The van der Waals surface area contributed by atoms with Crippen LogP contribution in [-0.2, 0) is 15.0 Å². The Hall–Kier alpha value is -2.58. The van der Waals surface area contributed by atoms with Crippen molar-refractivity contribution in [3.05, 3.63) is 59.2 Å². The topological polar surface area (TPSA) is 79.0 Å². The van der Waals surface area contributed by atoms with Gasteiger partial charge in [-0.25, -0.2) is 4.31 Å². The lowest BCUT2D eigenvalue weighted by atomic mass is 10.1. The molecule has 0 aliphatic rings. The fraction of sp³-hybridized carbons (Fsp3) is 0.409. The molecule has 0 unspecified atom stereocenters. The Morgan fingerprint density at radius 1 is 1.10 bits per heavy atom. The van der Waals surface area contributed by atoms with Crippen molar-refractivity contribution in [1.82, 2.24) is 9.62 Å². The molecule has 1 N–H and O–H groups in total. The van der Waals surface area contributed by atoms with Crippen LogP contribution < -0.4 is 14.4 Å². The number of carbonyl (C=O) groups excluding carboxylic acids is 1. The molecule has 2 aromatic rings. The smallest absolute Gasteiger partial charge is 0.304 e. The standard InChI is InChI=1S/C22H31N3O4S/c1-7-29-20-12-10-19(11-13-20)18(4)23-22(26)15-25(30(27,28)24(5)6)21-14-16(2)8-9-17(21)3/h8-14,18H,7,15H2,1-6H3,(H,23,26)/t18-/m1/s1. The van der Waals surface area contributed by atoms with E-state index in [2.05, 4.69) is 5.32 Å². The first-order valence-electron chi connectivity index (χ1n) is 9.85. The maximum absolute atomic E-state index is 12.9. The molecule has 1 amide bonds. The first kappa shape index (κ1) is 23.7. The van der Waals surface area contributed by atoms with Crippen molar-refractivity contribution >= 4 is 21.8 Å². The van der Waals surface area contributed by atoms with Gasteiger partial charge in [0.1, 0.15) is 12.3 Å². The van der Waals surface area contributed by atoms with Gasteiger partial charge in [-0.15, -0.1) is 0 Å². The highest BCUT2D eigenvalue weighted by Crippen LogP contribution is 2.25. The van der Waals surface area contributed by atoms with Crippen molar-refractivity contribution in [1.29, 1.82) is 0 Å². The fourth-order valence-corrected chi connectivity index (χ4v) is 4.12. The van der Waals surface area contributed by atoms with Crippen LogP contribution in [0.5, 0.6) is 5.75 Å². The highest BCUT2D eigenvalue weighted by molar-refractivity contribution is 7.90. The summed E-state index contributed by atoms with van der Waals surface area (Å²) < 4.78 is 33.6. The molecule has 164 valence electrons. The highest BCUT2D eigenvalue weighted by atomic mass is 32.2. The van der Waals surface area contributed by atoms with E-state index in [4.69, 9.17) is 4.74 Å². The Labute approximate surface area is 179 Å². The van der Waals surface area contributed by atoms with Crippen molar-refractivity contribution in [3.8, 4) is 5.75 Å². The summed E-state index contributed by atoms with van der Waals surface area (Å²) in [6, 6.07) is 12.7. The Kier molecular flexibility index (Phi) is 7.86. The number of rotatable bonds is 9. The second-order valence-electron chi connectivity index (χ2n) is 7.38. The largest absolute Gasteiger partial charge is 0.494 e. The van der Waals surface area contributed by atoms with Gasteiger partial charge in [0.25, 0.3) is 0 Å². The summed E-state index contributed by atoms with van der Waals surface area (Å²) in [5, 5.41) is 2.89. The molecule has 7 nitrogen and oxygen atoms in total. The number of nitrogens with one attached hydrogen (secondary N) is 1. The van der Waals surface area contributed by atoms with Crippen molar-refractivity contribution in [2.24, 2.45) is 0 Å². The first-order chi connectivity index (χ1) is 14.1. The second kappa shape index (κ2) is 9.95. The summed E-state index contributed by atoms with van der Waals surface area (Å²) in [6.45, 7) is 7.76. The number of amides is 1. The summed E-state index contributed by atoms with van der Waals surface area (Å²) in [7, 11) is -0.945. The van der Waals surface area contributed by atoms with E-state index in [0.29, 0.717) is 12.3 Å². The molecule has 0 heterocycles. The van der Waals surface area contributed by atoms with Crippen LogP contribution in [0.4, 0.5) is 5.69 Å². The van der Waals surface area contributed by atoms with Crippen LogP contribution in [0.25, 0.3) is 0 Å². The molecule has 0 aliphatic carbocycles. The van der Waals surface area contributed by atoms with Gasteiger partial charge in [0, 0.05) is 14.1 Å². The SMILES string of the molecule is CCOc1ccc([C@@H](C)NC(=O)CN(c2cc(C)ccc2C)S(=O)(=O)N(C)C)cc1. The van der Waals surface area contributed by atoms with Gasteiger partial charge in [-0.3, -0.25) is 4.79 Å². The van der Waals surface area contributed by atoms with E-state index in [0.717, 1.165) is 31.1 Å². The van der Waals surface area contributed by atoms with Crippen molar-refractivity contribution in [3.63, 3.8) is 0 Å². The molecule has 0 saturated carbocycles. The number of anilines is 1. The van der Waals surface area contributed by atoms with Crippen LogP contribution in [0.15, 0.2) is 42.5 Å². The Morgan fingerprint density at radius 2 is 1.73 bits per heavy atom. The number of nitrogens with zero attached hydrogens (tertiary/aromatic N) is 2. The zero-order valence-electron chi connectivity index (χ0n) is 18.5. The lowest BCUT2D eigenvalue weighted by Gasteiger charge is -2.29. The number of carbonyl (C=O) groups is 1. The molecular formula is C22H31N3O4S. The maximum Gasteiger partial charge on any atom is 0.304 e. The van der Waals surface area contributed by atoms with E-state index in [1.807, 2.05) is 64.1 Å². The van der Waals surface area contributed by atoms with Crippen LogP contribution in [0, 0.1) is 13.8 Å². The Balaban J connectivity index is 2.23. The average molecular weight is 434 g/mol. The summed E-state index contributed by atoms with van der Waals surface area (Å²) >= 11 is 0. The number of benzene rings is 2. The van der Waals surface area contributed by atoms with E-state index < -0.39 is 10.2 Å². The second-order valence-corrected chi connectivity index (χ2v) is 9.44. The quantitative estimate of drug-likeness (QED) is 0.659. The molecule has 0 aromatic heterocycles. The van der Waals surface area contributed by atoms with E-state index >= 15 is 0 Å². The van der Waals surface area contributed by atoms with Gasteiger partial charge in [-0.1, -0.05) is 24.3 Å². The zero-order chi connectivity index (χ0) is 22.5. The van der Waals surface area contributed by atoms with Crippen LogP contribution in [-0.4, -0.2) is 45.9 Å². The van der Waals surface area contributed by atoms with Crippen LogP contribution in [0.2, 0.25) is 0 Å². The minimum Gasteiger partial charge on any atom is -0.494 e. The molecule has 0 spiro atoms. The molecular weight excluding hydrogens is 402 g/mol.